The number of aliphatic hydroxyl groups is 6. The molecule has 28 heavy (non-hydrogen) atoms. The molecule has 1 heterocycles. The molecule has 1 aliphatic heterocycles. The average molecular weight is 402 g/mol. The van der Waals surface area contributed by atoms with Gasteiger partial charge in [-0.2, -0.15) is 0 Å². The Labute approximate surface area is 163 Å². The van der Waals surface area contributed by atoms with Crippen LogP contribution in [0.1, 0.15) is 27.2 Å². The molecule has 1 aliphatic carbocycles. The molecule has 0 saturated carbocycles. The first kappa shape index (κ1) is 23.1. The second kappa shape index (κ2) is 8.68. The van der Waals surface area contributed by atoms with Crippen LogP contribution in [0.3, 0.4) is 0 Å². The van der Waals surface area contributed by atoms with Crippen molar-refractivity contribution in [1.82, 2.24) is 0 Å². The van der Waals surface area contributed by atoms with E-state index in [2.05, 4.69) is 0 Å². The first-order valence-corrected chi connectivity index (χ1v) is 9.18. The van der Waals surface area contributed by atoms with Gasteiger partial charge < -0.3 is 40.1 Å². The van der Waals surface area contributed by atoms with Gasteiger partial charge in [-0.3, -0.25) is 4.79 Å². The van der Waals surface area contributed by atoms with Crippen LogP contribution < -0.4 is 0 Å². The lowest BCUT2D eigenvalue weighted by Gasteiger charge is -2.45. The van der Waals surface area contributed by atoms with Crippen molar-refractivity contribution < 1.29 is 44.9 Å². The summed E-state index contributed by atoms with van der Waals surface area (Å²) in [6.45, 7) is 4.02. The average Bonchev–Trinajstić information content (AvgIpc) is 2.61. The van der Waals surface area contributed by atoms with Crippen LogP contribution in [0.4, 0.5) is 0 Å². The third-order valence-electron chi connectivity index (χ3n) is 5.34. The number of hydrogen-bond acceptors (Lipinski definition) is 9. The zero-order valence-corrected chi connectivity index (χ0v) is 16.2. The molecule has 0 amide bonds. The number of hydrogen-bond donors (Lipinski definition) is 6. The fraction of sp³-hybridized carbons (Fsp3) is 0.737. The molecule has 0 radical (unpaired) electrons. The van der Waals surface area contributed by atoms with Gasteiger partial charge >= 0.3 is 0 Å². The molecular formula is C19H30O9. The maximum Gasteiger partial charge on any atom is 0.187 e. The number of aliphatic hydroxyl groups excluding tert-OH is 5. The van der Waals surface area contributed by atoms with Crippen LogP contribution in [0.2, 0.25) is 0 Å². The minimum absolute atomic E-state index is 0.0806. The lowest BCUT2D eigenvalue weighted by atomic mass is 9.64. The molecule has 9 heteroatoms. The fourth-order valence-corrected chi connectivity index (χ4v) is 3.50. The van der Waals surface area contributed by atoms with Crippen molar-refractivity contribution in [3.05, 3.63) is 23.8 Å². The Balaban J connectivity index is 2.23. The zero-order valence-electron chi connectivity index (χ0n) is 16.2. The molecule has 7 atom stereocenters. The molecule has 0 aromatic rings. The van der Waals surface area contributed by atoms with Crippen LogP contribution in [0.15, 0.2) is 23.8 Å². The van der Waals surface area contributed by atoms with E-state index in [1.54, 1.807) is 13.8 Å². The van der Waals surface area contributed by atoms with Crippen molar-refractivity contribution in [3.8, 4) is 0 Å². The first-order chi connectivity index (χ1) is 12.9. The van der Waals surface area contributed by atoms with Crippen LogP contribution in [-0.2, 0) is 14.3 Å². The monoisotopic (exact) mass is 402 g/mol. The molecule has 1 saturated heterocycles. The van der Waals surface area contributed by atoms with Gasteiger partial charge in [-0.05, 0) is 24.6 Å². The molecule has 0 aromatic heterocycles. The number of allylic oxidation sites excluding steroid dienone is 1. The van der Waals surface area contributed by atoms with E-state index in [0.717, 1.165) is 0 Å². The van der Waals surface area contributed by atoms with Gasteiger partial charge in [0.25, 0.3) is 0 Å². The van der Waals surface area contributed by atoms with Crippen molar-refractivity contribution in [2.75, 3.05) is 13.2 Å². The highest BCUT2D eigenvalue weighted by Gasteiger charge is 2.49. The summed E-state index contributed by atoms with van der Waals surface area (Å²) in [6.07, 6.45) is -3.89. The van der Waals surface area contributed by atoms with Gasteiger partial charge in [0.15, 0.2) is 12.1 Å². The van der Waals surface area contributed by atoms with E-state index in [9.17, 15) is 35.4 Å². The van der Waals surface area contributed by atoms with Crippen LogP contribution >= 0.6 is 0 Å². The Morgan fingerprint density at radius 2 is 1.93 bits per heavy atom. The van der Waals surface area contributed by atoms with Crippen LogP contribution in [0.5, 0.6) is 0 Å². The summed E-state index contributed by atoms with van der Waals surface area (Å²) in [5.74, 6) is -0.215. The predicted molar refractivity (Wildman–Crippen MR) is 97.0 cm³/mol. The summed E-state index contributed by atoms with van der Waals surface area (Å²) < 4.78 is 10.8. The summed E-state index contributed by atoms with van der Waals surface area (Å²) in [6, 6.07) is 0. The van der Waals surface area contributed by atoms with E-state index in [-0.39, 0.29) is 24.4 Å². The summed E-state index contributed by atoms with van der Waals surface area (Å²) >= 11 is 0. The first-order valence-electron chi connectivity index (χ1n) is 9.18. The van der Waals surface area contributed by atoms with Gasteiger partial charge in [0, 0.05) is 11.8 Å². The van der Waals surface area contributed by atoms with Gasteiger partial charge in [0.1, 0.15) is 30.0 Å². The van der Waals surface area contributed by atoms with E-state index in [4.69, 9.17) is 9.47 Å². The van der Waals surface area contributed by atoms with E-state index in [1.807, 2.05) is 0 Å². The van der Waals surface area contributed by atoms with E-state index < -0.39 is 54.4 Å². The highest BCUT2D eigenvalue weighted by atomic mass is 16.7. The summed E-state index contributed by atoms with van der Waals surface area (Å²) in [5, 5.41) is 59.8. The molecular weight excluding hydrogens is 372 g/mol. The van der Waals surface area contributed by atoms with Gasteiger partial charge in [-0.1, -0.05) is 19.9 Å². The van der Waals surface area contributed by atoms with Crippen molar-refractivity contribution >= 4 is 5.78 Å². The summed E-state index contributed by atoms with van der Waals surface area (Å²) in [4.78, 5) is 12.1. The normalized spacial score (nSPS) is 39.8. The number of carbonyl (C=O) groups excluding carboxylic acids is 1. The van der Waals surface area contributed by atoms with Gasteiger partial charge in [-0.15, -0.1) is 0 Å². The van der Waals surface area contributed by atoms with E-state index in [0.29, 0.717) is 0 Å². The van der Waals surface area contributed by atoms with Crippen molar-refractivity contribution in [2.24, 2.45) is 5.41 Å². The van der Waals surface area contributed by atoms with Gasteiger partial charge in [0.05, 0.1) is 19.3 Å². The standard InChI is InChI=1S/C19H30O9/c1-10(21)4-5-19(26)11(6-12(22)7-18(19,2)3)9-27-17-16(25)15(24)14(23)13(8-20)28-17/h4-6,10,13-17,20-21,23-26H,7-9H2,1-3H3/b5-4+/t10-,13+,14+,15-,16+,17+,19+/m0/s1. The predicted octanol–water partition coefficient (Wildman–Crippen LogP) is -1.60. The van der Waals surface area contributed by atoms with E-state index in [1.165, 1.54) is 25.2 Å². The topological polar surface area (TPSA) is 157 Å². The Morgan fingerprint density at radius 1 is 1.29 bits per heavy atom. The summed E-state index contributed by atoms with van der Waals surface area (Å²) in [7, 11) is 0. The maximum absolute atomic E-state index is 12.1. The minimum Gasteiger partial charge on any atom is -0.394 e. The molecule has 0 aromatic carbocycles. The molecule has 0 spiro atoms. The van der Waals surface area contributed by atoms with Crippen LogP contribution in [0, 0.1) is 5.41 Å². The maximum atomic E-state index is 12.1. The highest BCUT2D eigenvalue weighted by molar-refractivity contribution is 5.93. The Morgan fingerprint density at radius 3 is 2.50 bits per heavy atom. The second-order valence-corrected chi connectivity index (χ2v) is 8.07. The van der Waals surface area contributed by atoms with Crippen LogP contribution in [0.25, 0.3) is 0 Å². The Bertz CT molecular complexity index is 625. The summed E-state index contributed by atoms with van der Waals surface area (Å²) in [5.41, 5.74) is -2.30. The second-order valence-electron chi connectivity index (χ2n) is 8.07. The lowest BCUT2D eigenvalue weighted by Crippen LogP contribution is -2.59. The third-order valence-corrected chi connectivity index (χ3v) is 5.34. The molecule has 0 unspecified atom stereocenters. The Kier molecular flexibility index (Phi) is 7.17. The van der Waals surface area contributed by atoms with Crippen molar-refractivity contribution in [2.45, 2.75) is 69.6 Å². The molecule has 1 fully saturated rings. The highest BCUT2D eigenvalue weighted by Crippen LogP contribution is 2.44. The van der Waals surface area contributed by atoms with Crippen LogP contribution in [-0.4, -0.2) is 92.0 Å². The van der Waals surface area contributed by atoms with Crippen molar-refractivity contribution in [3.63, 3.8) is 0 Å². The van der Waals surface area contributed by atoms with Gasteiger partial charge in [0.2, 0.25) is 0 Å². The molecule has 6 N–H and O–H groups in total. The number of carbonyl (C=O) groups is 1. The molecule has 0 bridgehead atoms. The SMILES string of the molecule is C[C@H](O)/C=C/[C@@]1(O)C(CO[C@@H]2O[C@H](CO)[C@@H](O)[C@H](O)[C@H]2O)=CC(=O)CC1(C)C. The van der Waals surface area contributed by atoms with Crippen molar-refractivity contribution in [1.29, 1.82) is 0 Å². The number of ketones is 1. The third kappa shape index (κ3) is 4.52. The number of rotatable bonds is 6. The molecule has 2 aliphatic rings. The largest absolute Gasteiger partial charge is 0.394 e. The molecule has 2 rings (SSSR count). The zero-order chi connectivity index (χ0) is 21.3. The van der Waals surface area contributed by atoms with E-state index >= 15 is 0 Å². The smallest absolute Gasteiger partial charge is 0.187 e. The fourth-order valence-electron chi connectivity index (χ4n) is 3.50. The molecule has 160 valence electrons. The number of ether oxygens (including phenoxy) is 2. The quantitative estimate of drug-likeness (QED) is 0.288. The Hall–Kier alpha value is -1.17. The minimum atomic E-state index is -1.61. The lowest BCUT2D eigenvalue weighted by molar-refractivity contribution is -0.299. The van der Waals surface area contributed by atoms with Gasteiger partial charge in [-0.25, -0.2) is 0 Å². The molecule has 9 nitrogen and oxygen atoms in total.